The number of hydrogen-bond donors (Lipinski definition) is 1. The molecule has 1 aromatic heterocycles. The summed E-state index contributed by atoms with van der Waals surface area (Å²) in [6.07, 6.45) is 8.34. The molecule has 0 saturated carbocycles. The van der Waals surface area contributed by atoms with E-state index in [9.17, 15) is 0 Å². The molecule has 1 N–H and O–H groups in total. The molecule has 3 nitrogen and oxygen atoms in total. The van der Waals surface area contributed by atoms with Gasteiger partial charge in [-0.3, -0.25) is 0 Å². The summed E-state index contributed by atoms with van der Waals surface area (Å²) >= 11 is 0. The van der Waals surface area contributed by atoms with Crippen LogP contribution in [0.1, 0.15) is 46.0 Å². The molecule has 1 unspecified atom stereocenters. The lowest BCUT2D eigenvalue weighted by Crippen LogP contribution is -2.33. The van der Waals surface area contributed by atoms with Crippen LogP contribution in [0.4, 0.5) is 0 Å². The predicted molar refractivity (Wildman–Crippen MR) is 86.0 cm³/mol. The Morgan fingerprint density at radius 2 is 2.00 bits per heavy atom. The minimum Gasteiger partial charge on any atom is -0.329 e. The maximum Gasteiger partial charge on any atom is 0.0958 e. The van der Waals surface area contributed by atoms with E-state index < -0.39 is 0 Å². The van der Waals surface area contributed by atoms with E-state index in [1.165, 1.54) is 37.6 Å². The van der Waals surface area contributed by atoms with Gasteiger partial charge < -0.3 is 9.88 Å². The first-order valence-corrected chi connectivity index (χ1v) is 7.98. The van der Waals surface area contributed by atoms with Crippen molar-refractivity contribution in [3.63, 3.8) is 0 Å². The van der Waals surface area contributed by atoms with Crippen molar-refractivity contribution in [1.29, 1.82) is 0 Å². The second-order valence-corrected chi connectivity index (χ2v) is 5.53. The Bertz CT molecular complexity index is 504. The molecular weight excluding hydrogens is 246 g/mol. The fourth-order valence-electron chi connectivity index (χ4n) is 2.64. The summed E-state index contributed by atoms with van der Waals surface area (Å²) in [6, 6.07) is 8.93. The van der Waals surface area contributed by atoms with Crippen molar-refractivity contribution in [2.45, 2.75) is 58.5 Å². The largest absolute Gasteiger partial charge is 0.329 e. The Kier molecular flexibility index (Phi) is 6.06. The van der Waals surface area contributed by atoms with E-state index in [4.69, 9.17) is 0 Å². The fraction of sp³-hybridized carbons (Fsp3) is 0.588. The predicted octanol–water partition coefficient (Wildman–Crippen LogP) is 3.98. The highest BCUT2D eigenvalue weighted by Gasteiger charge is 2.10. The number of rotatable bonds is 9. The third-order valence-electron chi connectivity index (χ3n) is 3.78. The van der Waals surface area contributed by atoms with Crippen LogP contribution in [0.3, 0.4) is 0 Å². The van der Waals surface area contributed by atoms with Gasteiger partial charge in [0, 0.05) is 12.6 Å². The Balaban J connectivity index is 2.01. The Labute approximate surface area is 122 Å². The molecule has 20 heavy (non-hydrogen) atoms. The normalized spacial score (nSPS) is 12.9. The summed E-state index contributed by atoms with van der Waals surface area (Å²) < 4.78 is 2.29. The second-order valence-electron chi connectivity index (χ2n) is 5.53. The number of nitrogens with one attached hydrogen (secondary N) is 1. The number of para-hydroxylation sites is 2. The smallest absolute Gasteiger partial charge is 0.0958 e. The van der Waals surface area contributed by atoms with Gasteiger partial charge in [0.25, 0.3) is 0 Å². The minimum absolute atomic E-state index is 0.555. The van der Waals surface area contributed by atoms with Crippen molar-refractivity contribution in [1.82, 2.24) is 14.9 Å². The van der Waals surface area contributed by atoms with Crippen LogP contribution in [0.2, 0.25) is 0 Å². The van der Waals surface area contributed by atoms with Crippen LogP contribution in [0, 0.1) is 0 Å². The molecule has 0 saturated heterocycles. The van der Waals surface area contributed by atoms with Gasteiger partial charge in [0.15, 0.2) is 0 Å². The fourth-order valence-corrected chi connectivity index (χ4v) is 2.64. The van der Waals surface area contributed by atoms with Gasteiger partial charge in [-0.1, -0.05) is 45.2 Å². The number of benzene rings is 1. The lowest BCUT2D eigenvalue weighted by atomic mass is 10.1. The first-order valence-electron chi connectivity index (χ1n) is 7.98. The summed E-state index contributed by atoms with van der Waals surface area (Å²) in [7, 11) is 0. The van der Waals surface area contributed by atoms with Crippen molar-refractivity contribution >= 4 is 11.0 Å². The highest BCUT2D eigenvalue weighted by atomic mass is 15.1. The number of hydrogen-bond acceptors (Lipinski definition) is 2. The Morgan fingerprint density at radius 1 is 1.15 bits per heavy atom. The standard InChI is InChI=1S/C17H27N3/c1-3-5-6-9-15(18-12-4-2)13-20-14-19-16-10-7-8-11-17(16)20/h7-8,10-11,14-15,18H,3-6,9,12-13H2,1-2H3. The zero-order valence-corrected chi connectivity index (χ0v) is 12.8. The molecule has 3 heteroatoms. The molecule has 2 rings (SSSR count). The van der Waals surface area contributed by atoms with Crippen LogP contribution in [-0.4, -0.2) is 22.1 Å². The molecule has 0 aliphatic heterocycles. The molecule has 0 bridgehead atoms. The van der Waals surface area contributed by atoms with Crippen LogP contribution in [0.15, 0.2) is 30.6 Å². The number of aromatic nitrogens is 2. The Morgan fingerprint density at radius 3 is 2.80 bits per heavy atom. The minimum atomic E-state index is 0.555. The Hall–Kier alpha value is -1.35. The molecule has 1 heterocycles. The van der Waals surface area contributed by atoms with Gasteiger partial charge >= 0.3 is 0 Å². The highest BCUT2D eigenvalue weighted by Crippen LogP contribution is 2.14. The van der Waals surface area contributed by atoms with E-state index in [1.807, 2.05) is 12.4 Å². The van der Waals surface area contributed by atoms with Gasteiger partial charge in [-0.2, -0.15) is 0 Å². The third-order valence-corrected chi connectivity index (χ3v) is 3.78. The topological polar surface area (TPSA) is 29.9 Å². The maximum absolute atomic E-state index is 4.48. The maximum atomic E-state index is 4.48. The average molecular weight is 273 g/mol. The van der Waals surface area contributed by atoms with Gasteiger partial charge in [-0.15, -0.1) is 0 Å². The first-order chi connectivity index (χ1) is 9.85. The van der Waals surface area contributed by atoms with Gasteiger partial charge in [0.2, 0.25) is 0 Å². The lowest BCUT2D eigenvalue weighted by Gasteiger charge is -2.19. The quantitative estimate of drug-likeness (QED) is 0.700. The van der Waals surface area contributed by atoms with E-state index in [0.717, 1.165) is 18.6 Å². The summed E-state index contributed by atoms with van der Waals surface area (Å²) in [5.41, 5.74) is 2.33. The van der Waals surface area contributed by atoms with E-state index >= 15 is 0 Å². The number of imidazole rings is 1. The monoisotopic (exact) mass is 273 g/mol. The van der Waals surface area contributed by atoms with E-state index in [1.54, 1.807) is 0 Å². The summed E-state index contributed by atoms with van der Waals surface area (Å²) in [5, 5.41) is 3.68. The van der Waals surface area contributed by atoms with Gasteiger partial charge in [0.1, 0.15) is 0 Å². The van der Waals surface area contributed by atoms with Crippen molar-refractivity contribution in [3.8, 4) is 0 Å². The van der Waals surface area contributed by atoms with E-state index in [2.05, 4.69) is 46.9 Å². The lowest BCUT2D eigenvalue weighted by molar-refractivity contribution is 0.413. The first kappa shape index (κ1) is 15.0. The van der Waals surface area contributed by atoms with Crippen LogP contribution in [0.25, 0.3) is 11.0 Å². The molecule has 0 amide bonds. The van der Waals surface area contributed by atoms with E-state index in [-0.39, 0.29) is 0 Å². The van der Waals surface area contributed by atoms with Crippen molar-refractivity contribution in [2.24, 2.45) is 0 Å². The zero-order chi connectivity index (χ0) is 14.2. The molecule has 1 aromatic carbocycles. The molecule has 0 aliphatic rings. The third kappa shape index (κ3) is 4.07. The molecule has 0 fully saturated rings. The summed E-state index contributed by atoms with van der Waals surface area (Å²) in [5.74, 6) is 0. The highest BCUT2D eigenvalue weighted by molar-refractivity contribution is 5.74. The SMILES string of the molecule is CCCCCC(Cn1cnc2ccccc21)NCCC. The van der Waals surface area contributed by atoms with Crippen LogP contribution >= 0.6 is 0 Å². The molecule has 0 radical (unpaired) electrons. The van der Waals surface area contributed by atoms with Gasteiger partial charge in [-0.25, -0.2) is 4.98 Å². The zero-order valence-electron chi connectivity index (χ0n) is 12.8. The number of nitrogens with zero attached hydrogens (tertiary/aromatic N) is 2. The summed E-state index contributed by atoms with van der Waals surface area (Å²) in [4.78, 5) is 4.48. The van der Waals surface area contributed by atoms with Crippen molar-refractivity contribution in [2.75, 3.05) is 6.54 Å². The average Bonchev–Trinajstić information content (AvgIpc) is 2.88. The van der Waals surface area contributed by atoms with Crippen LogP contribution in [-0.2, 0) is 6.54 Å². The number of fused-ring (bicyclic) bond motifs is 1. The van der Waals surface area contributed by atoms with Crippen molar-refractivity contribution < 1.29 is 0 Å². The second kappa shape index (κ2) is 8.05. The van der Waals surface area contributed by atoms with Gasteiger partial charge in [0.05, 0.1) is 17.4 Å². The molecule has 2 aromatic rings. The summed E-state index contributed by atoms with van der Waals surface area (Å²) in [6.45, 7) is 6.61. The van der Waals surface area contributed by atoms with Crippen LogP contribution < -0.4 is 5.32 Å². The van der Waals surface area contributed by atoms with Crippen LogP contribution in [0.5, 0.6) is 0 Å². The number of unbranched alkanes of at least 4 members (excludes halogenated alkanes) is 2. The molecular formula is C17H27N3. The molecule has 0 aliphatic carbocycles. The molecule has 110 valence electrons. The van der Waals surface area contributed by atoms with Gasteiger partial charge in [-0.05, 0) is 31.5 Å². The van der Waals surface area contributed by atoms with E-state index in [0.29, 0.717) is 6.04 Å². The molecule has 0 spiro atoms. The van der Waals surface area contributed by atoms with Crippen molar-refractivity contribution in [3.05, 3.63) is 30.6 Å². The molecule has 1 atom stereocenters.